The summed E-state index contributed by atoms with van der Waals surface area (Å²) in [6.07, 6.45) is 7.84. The number of rotatable bonds is 11. The third-order valence-electron chi connectivity index (χ3n) is 6.52. The lowest BCUT2D eigenvalue weighted by Gasteiger charge is -2.23. The minimum absolute atomic E-state index is 0.260. The molecule has 0 saturated heterocycles. The number of benzene rings is 4. The van der Waals surface area contributed by atoms with Gasteiger partial charge in [-0.15, -0.1) is 0 Å². The van der Waals surface area contributed by atoms with E-state index in [0.717, 1.165) is 0 Å². The van der Waals surface area contributed by atoms with Crippen molar-refractivity contribution in [1.29, 1.82) is 0 Å². The van der Waals surface area contributed by atoms with Crippen LogP contribution in [0.4, 0.5) is 0 Å². The highest BCUT2D eigenvalue weighted by Gasteiger charge is 2.36. The fraction of sp³-hybridized carbons (Fsp3) is 0.226. The maximum atomic E-state index is 2.53. The van der Waals surface area contributed by atoms with Gasteiger partial charge >= 0.3 is 0 Å². The largest absolute Gasteiger partial charge is 0.0988 e. The second-order valence-electron chi connectivity index (χ2n) is 8.82. The predicted octanol–water partition coefficient (Wildman–Crippen LogP) is 6.98. The van der Waals surface area contributed by atoms with Gasteiger partial charge in [0.15, 0.2) is 0 Å². The first kappa shape index (κ1) is 23.9. The fourth-order valence-corrected chi connectivity index (χ4v) is 10.3. The molecule has 0 aliphatic heterocycles. The Morgan fingerprint density at radius 3 is 1.33 bits per heavy atom. The summed E-state index contributed by atoms with van der Waals surface area (Å²) in [6, 6.07) is 44.7. The molecule has 0 fully saturated rings. The molecule has 2 heteroatoms. The van der Waals surface area contributed by atoms with Crippen molar-refractivity contribution < 1.29 is 0 Å². The highest BCUT2D eigenvalue weighted by molar-refractivity contribution is 7.88. The summed E-state index contributed by atoms with van der Waals surface area (Å²) in [5.74, 6) is 0. The molecule has 0 amide bonds. The monoisotopic (exact) mass is 469 g/mol. The Labute approximate surface area is 202 Å². The number of hydrogen-bond acceptors (Lipinski definition) is 0. The lowest BCUT2D eigenvalue weighted by molar-refractivity contribution is 0.708. The van der Waals surface area contributed by atoms with Gasteiger partial charge in [-0.2, -0.15) is 0 Å². The molecule has 0 atom stereocenters. The molecule has 0 bridgehead atoms. The van der Waals surface area contributed by atoms with Crippen LogP contribution in [-0.4, -0.2) is 19.0 Å². The third-order valence-corrected chi connectivity index (χ3v) is 13.2. The van der Waals surface area contributed by atoms with Crippen LogP contribution in [-0.2, 0) is 0 Å². The topological polar surface area (TPSA) is 0 Å². The minimum Gasteiger partial charge on any atom is -0.0622 e. The molecule has 0 heterocycles. The molecule has 4 aromatic rings. The average Bonchev–Trinajstić information content (AvgIpc) is 2.90. The second-order valence-corrected chi connectivity index (χ2v) is 15.0. The average molecular weight is 470 g/mol. The van der Waals surface area contributed by atoms with Crippen molar-refractivity contribution >= 4 is 36.4 Å². The van der Waals surface area contributed by atoms with Gasteiger partial charge < -0.3 is 0 Å². The molecule has 0 aliphatic carbocycles. The van der Waals surface area contributed by atoms with E-state index in [-0.39, 0.29) is 7.92 Å². The molecule has 4 rings (SSSR count). The Kier molecular flexibility index (Phi) is 8.88. The lowest BCUT2D eigenvalue weighted by atomic mass is 10.2. The summed E-state index contributed by atoms with van der Waals surface area (Å²) in [5, 5.41) is 6.08. The highest BCUT2D eigenvalue weighted by atomic mass is 31.2. The molecule has 0 nitrogen and oxygen atoms in total. The molecule has 0 N–H and O–H groups in total. The Bertz CT molecular complexity index is 984. The normalized spacial score (nSPS) is 11.6. The molecular formula is C31H35P2+. The van der Waals surface area contributed by atoms with Crippen molar-refractivity contribution in [3.63, 3.8) is 0 Å². The Hall–Kier alpha value is -2.26. The van der Waals surface area contributed by atoms with Crippen LogP contribution in [0.1, 0.15) is 25.7 Å². The van der Waals surface area contributed by atoms with Gasteiger partial charge in [0.1, 0.15) is 0 Å². The molecule has 168 valence electrons. The van der Waals surface area contributed by atoms with Gasteiger partial charge in [-0.05, 0) is 68.2 Å². The van der Waals surface area contributed by atoms with Gasteiger partial charge in [0.25, 0.3) is 0 Å². The summed E-state index contributed by atoms with van der Waals surface area (Å²) in [5.41, 5.74) is 0. The van der Waals surface area contributed by atoms with Crippen LogP contribution >= 0.6 is 15.2 Å². The maximum Gasteiger partial charge on any atom is 0.0988 e. The molecule has 4 aromatic carbocycles. The van der Waals surface area contributed by atoms with Crippen LogP contribution in [0.25, 0.3) is 0 Å². The van der Waals surface area contributed by atoms with Crippen LogP contribution in [0.3, 0.4) is 0 Å². The smallest absolute Gasteiger partial charge is 0.0622 e. The van der Waals surface area contributed by atoms with E-state index in [1.165, 1.54) is 59.2 Å². The highest BCUT2D eigenvalue weighted by Crippen LogP contribution is 2.53. The third kappa shape index (κ3) is 6.41. The first-order valence-corrected chi connectivity index (χ1v) is 16.1. The van der Waals surface area contributed by atoms with E-state index in [1.807, 2.05) is 0 Å². The zero-order chi connectivity index (χ0) is 22.8. The zero-order valence-corrected chi connectivity index (χ0v) is 21.5. The summed E-state index contributed by atoms with van der Waals surface area (Å²) in [7, 11) is -1.59. The molecule has 0 saturated carbocycles. The van der Waals surface area contributed by atoms with Gasteiger partial charge in [0.2, 0.25) is 0 Å². The standard InChI is InChI=1S/C31H35P2/c1-33(30-22-12-6-13-23-30,31-24-14-7-15-25-31)27-17-3-2-16-26-32(28-18-8-4-9-19-28)29-20-10-5-11-21-29/h4-15,18-25H,2-3,16-17,26-27H2,1H3/q+1. The fourth-order valence-electron chi connectivity index (χ4n) is 4.60. The van der Waals surface area contributed by atoms with Crippen molar-refractivity contribution in [3.05, 3.63) is 121 Å². The zero-order valence-electron chi connectivity index (χ0n) is 19.7. The maximum absolute atomic E-state index is 2.53. The van der Waals surface area contributed by atoms with E-state index < -0.39 is 7.26 Å². The van der Waals surface area contributed by atoms with Gasteiger partial charge in [-0.3, -0.25) is 0 Å². The van der Waals surface area contributed by atoms with Crippen LogP contribution in [0.5, 0.6) is 0 Å². The SMILES string of the molecule is C[P+](CCCCCCP(c1ccccc1)c1ccccc1)(c1ccccc1)c1ccccc1. The molecule has 0 unspecified atom stereocenters. The van der Waals surface area contributed by atoms with E-state index in [2.05, 4.69) is 128 Å². The van der Waals surface area contributed by atoms with Crippen LogP contribution in [0.15, 0.2) is 121 Å². The van der Waals surface area contributed by atoms with Gasteiger partial charge in [0, 0.05) is 0 Å². The van der Waals surface area contributed by atoms with E-state index in [0.29, 0.717) is 0 Å². The van der Waals surface area contributed by atoms with E-state index in [4.69, 9.17) is 0 Å². The molecule has 0 aromatic heterocycles. The van der Waals surface area contributed by atoms with Gasteiger partial charge in [0.05, 0.1) is 30.7 Å². The second kappa shape index (κ2) is 12.3. The molecule has 33 heavy (non-hydrogen) atoms. The van der Waals surface area contributed by atoms with Crippen LogP contribution < -0.4 is 21.2 Å². The summed E-state index contributed by atoms with van der Waals surface area (Å²) in [6.45, 7) is 2.53. The Balaban J connectivity index is 1.35. The molecule has 0 radical (unpaired) electrons. The van der Waals surface area contributed by atoms with Crippen molar-refractivity contribution in [2.24, 2.45) is 0 Å². The van der Waals surface area contributed by atoms with Crippen LogP contribution in [0.2, 0.25) is 0 Å². The summed E-state index contributed by atoms with van der Waals surface area (Å²) < 4.78 is 0. The predicted molar refractivity (Wildman–Crippen MR) is 152 cm³/mol. The van der Waals surface area contributed by atoms with Crippen LogP contribution in [0, 0.1) is 0 Å². The molecule has 0 aliphatic rings. The van der Waals surface area contributed by atoms with Gasteiger partial charge in [-0.1, -0.05) is 103 Å². The van der Waals surface area contributed by atoms with E-state index in [9.17, 15) is 0 Å². The van der Waals surface area contributed by atoms with Crippen molar-refractivity contribution in [1.82, 2.24) is 0 Å². The number of unbranched alkanes of at least 4 members (excludes halogenated alkanes) is 3. The lowest BCUT2D eigenvalue weighted by Crippen LogP contribution is -2.23. The van der Waals surface area contributed by atoms with E-state index in [1.54, 1.807) is 0 Å². The van der Waals surface area contributed by atoms with Crippen molar-refractivity contribution in [3.8, 4) is 0 Å². The number of hydrogen-bond donors (Lipinski definition) is 0. The van der Waals surface area contributed by atoms with Crippen molar-refractivity contribution in [2.75, 3.05) is 19.0 Å². The summed E-state index contributed by atoms with van der Waals surface area (Å²) >= 11 is 0. The van der Waals surface area contributed by atoms with Gasteiger partial charge in [-0.25, -0.2) is 0 Å². The quantitative estimate of drug-likeness (QED) is 0.164. The van der Waals surface area contributed by atoms with E-state index >= 15 is 0 Å². The van der Waals surface area contributed by atoms with Crippen molar-refractivity contribution in [2.45, 2.75) is 25.7 Å². The molecular weight excluding hydrogens is 434 g/mol. The molecule has 0 spiro atoms. The first-order chi connectivity index (χ1) is 16.3. The Morgan fingerprint density at radius 1 is 0.485 bits per heavy atom. The minimum atomic E-state index is -1.33. The summed E-state index contributed by atoms with van der Waals surface area (Å²) in [4.78, 5) is 0. The Morgan fingerprint density at radius 2 is 0.879 bits per heavy atom. The first-order valence-electron chi connectivity index (χ1n) is 12.1.